The zero-order chi connectivity index (χ0) is 20.2. The molecule has 1 aliphatic rings. The number of nitrogens with zero attached hydrogens (tertiary/aromatic N) is 5. The Bertz CT molecular complexity index is 1040. The summed E-state index contributed by atoms with van der Waals surface area (Å²) in [6.07, 6.45) is 11.5. The van der Waals surface area contributed by atoms with Crippen molar-refractivity contribution >= 4 is 11.4 Å². The smallest absolute Gasteiger partial charge is 0.213 e. The van der Waals surface area contributed by atoms with Gasteiger partial charge in [-0.15, -0.1) is 0 Å². The Morgan fingerprint density at radius 1 is 1.00 bits per heavy atom. The number of pyridine rings is 3. The molecule has 5 nitrogen and oxygen atoms in total. The molecule has 0 N–H and O–H groups in total. The van der Waals surface area contributed by atoms with Crippen LogP contribution >= 0.6 is 0 Å². The summed E-state index contributed by atoms with van der Waals surface area (Å²) in [7, 11) is 3.97. The average molecular weight is 387 g/mol. The lowest BCUT2D eigenvalue weighted by Gasteiger charge is -2.25. The monoisotopic (exact) mass is 387 g/mol. The minimum atomic E-state index is -0.501. The normalized spacial score (nSPS) is 13.3. The van der Waals surface area contributed by atoms with E-state index in [4.69, 9.17) is 0 Å². The van der Waals surface area contributed by atoms with Crippen LogP contribution in [-0.2, 0) is 6.54 Å². The minimum Gasteiger partial charge on any atom is -0.369 e. The van der Waals surface area contributed by atoms with Crippen LogP contribution in [0.5, 0.6) is 0 Å². The number of hydrogen-bond donors (Lipinski definition) is 0. The molecule has 3 aromatic heterocycles. The predicted octanol–water partition coefficient (Wildman–Crippen LogP) is 4.16. The van der Waals surface area contributed by atoms with Crippen molar-refractivity contribution in [2.45, 2.75) is 6.54 Å². The van der Waals surface area contributed by atoms with E-state index in [1.54, 1.807) is 6.07 Å². The Balaban J connectivity index is 1.42. The molecule has 1 aliphatic heterocycles. The van der Waals surface area contributed by atoms with Crippen LogP contribution in [0.1, 0.15) is 11.1 Å². The number of aromatic nitrogens is 3. The Morgan fingerprint density at radius 2 is 1.90 bits per heavy atom. The third-order valence-corrected chi connectivity index (χ3v) is 4.78. The molecule has 146 valence electrons. The summed E-state index contributed by atoms with van der Waals surface area (Å²) >= 11 is 0. The van der Waals surface area contributed by atoms with Gasteiger partial charge in [0.15, 0.2) is 0 Å². The molecule has 3 aromatic rings. The molecule has 0 fully saturated rings. The predicted molar refractivity (Wildman–Crippen MR) is 114 cm³/mol. The number of allylic oxidation sites excluding steroid dienone is 2. The van der Waals surface area contributed by atoms with Crippen molar-refractivity contribution in [3.63, 3.8) is 0 Å². The van der Waals surface area contributed by atoms with Crippen LogP contribution in [0, 0.1) is 5.95 Å². The van der Waals surface area contributed by atoms with E-state index in [0.29, 0.717) is 0 Å². The summed E-state index contributed by atoms with van der Waals surface area (Å²) in [6.45, 7) is 1.55. The topological polar surface area (TPSA) is 45.2 Å². The number of hydrogen-bond acceptors (Lipinski definition) is 5. The fourth-order valence-corrected chi connectivity index (χ4v) is 3.23. The summed E-state index contributed by atoms with van der Waals surface area (Å²) in [6, 6.07) is 11.2. The largest absolute Gasteiger partial charge is 0.369 e. The second-order valence-electron chi connectivity index (χ2n) is 7.16. The molecule has 4 rings (SSSR count). The zero-order valence-corrected chi connectivity index (χ0v) is 16.5. The van der Waals surface area contributed by atoms with Crippen LogP contribution in [0.25, 0.3) is 16.8 Å². The van der Waals surface area contributed by atoms with Gasteiger partial charge in [-0.2, -0.15) is 4.39 Å². The van der Waals surface area contributed by atoms with Crippen molar-refractivity contribution in [3.8, 4) is 11.3 Å². The van der Waals surface area contributed by atoms with Crippen molar-refractivity contribution in [2.75, 3.05) is 25.5 Å². The highest BCUT2D eigenvalue weighted by Crippen LogP contribution is 2.22. The van der Waals surface area contributed by atoms with Crippen molar-refractivity contribution in [1.82, 2.24) is 19.9 Å². The molecule has 29 heavy (non-hydrogen) atoms. The molecular formula is C23H22FN5. The van der Waals surface area contributed by atoms with E-state index in [1.807, 2.05) is 49.6 Å². The van der Waals surface area contributed by atoms with E-state index < -0.39 is 5.95 Å². The molecule has 0 spiro atoms. The van der Waals surface area contributed by atoms with E-state index in [0.717, 1.165) is 41.3 Å². The first-order chi connectivity index (χ1) is 14.1. The average Bonchev–Trinajstić information content (AvgIpc) is 2.74. The fraction of sp³-hybridized carbons (Fsp3) is 0.174. The van der Waals surface area contributed by atoms with Gasteiger partial charge in [-0.3, -0.25) is 4.98 Å². The highest BCUT2D eigenvalue weighted by molar-refractivity contribution is 5.69. The van der Waals surface area contributed by atoms with Gasteiger partial charge in [-0.05, 0) is 53.2 Å². The Labute approximate surface area is 169 Å². The molecular weight excluding hydrogens is 365 g/mol. The van der Waals surface area contributed by atoms with Crippen molar-refractivity contribution in [3.05, 3.63) is 90.4 Å². The first-order valence-electron chi connectivity index (χ1n) is 9.40. The van der Waals surface area contributed by atoms with Gasteiger partial charge in [0, 0.05) is 57.4 Å². The summed E-state index contributed by atoms with van der Waals surface area (Å²) < 4.78 is 13.3. The maximum absolute atomic E-state index is 13.3. The quantitative estimate of drug-likeness (QED) is 0.615. The Morgan fingerprint density at radius 3 is 2.59 bits per heavy atom. The molecule has 0 saturated carbocycles. The fourth-order valence-electron chi connectivity index (χ4n) is 3.23. The summed E-state index contributed by atoms with van der Waals surface area (Å²) in [5.41, 5.74) is 4.90. The highest BCUT2D eigenvalue weighted by atomic mass is 19.1. The van der Waals surface area contributed by atoms with Crippen molar-refractivity contribution in [1.29, 1.82) is 0 Å². The third kappa shape index (κ3) is 4.48. The molecule has 0 aliphatic carbocycles. The molecule has 0 unspecified atom stereocenters. The summed E-state index contributed by atoms with van der Waals surface area (Å²) in [5, 5.41) is 0. The maximum Gasteiger partial charge on any atom is 0.213 e. The molecule has 0 radical (unpaired) electrons. The van der Waals surface area contributed by atoms with Gasteiger partial charge < -0.3 is 9.80 Å². The van der Waals surface area contributed by atoms with Crippen LogP contribution in [0.15, 0.2) is 73.3 Å². The van der Waals surface area contributed by atoms with Gasteiger partial charge in [0.25, 0.3) is 0 Å². The van der Waals surface area contributed by atoms with Gasteiger partial charge in [0.2, 0.25) is 5.95 Å². The molecule has 0 amide bonds. The first-order valence-corrected chi connectivity index (χ1v) is 9.40. The summed E-state index contributed by atoms with van der Waals surface area (Å²) in [4.78, 5) is 16.8. The maximum atomic E-state index is 13.3. The molecule has 0 bridgehead atoms. The first kappa shape index (κ1) is 18.8. The van der Waals surface area contributed by atoms with E-state index in [-0.39, 0.29) is 0 Å². The minimum absolute atomic E-state index is 0.501. The zero-order valence-electron chi connectivity index (χ0n) is 16.5. The molecule has 0 atom stereocenters. The molecule has 4 heterocycles. The van der Waals surface area contributed by atoms with Crippen LogP contribution in [0.2, 0.25) is 0 Å². The van der Waals surface area contributed by atoms with E-state index in [9.17, 15) is 4.39 Å². The van der Waals surface area contributed by atoms with Crippen molar-refractivity contribution < 1.29 is 4.39 Å². The lowest BCUT2D eigenvalue weighted by molar-refractivity contribution is 0.411. The van der Waals surface area contributed by atoms with Crippen LogP contribution < -0.4 is 4.90 Å². The lowest BCUT2D eigenvalue weighted by atomic mass is 10.0. The van der Waals surface area contributed by atoms with Gasteiger partial charge in [-0.1, -0.05) is 12.1 Å². The standard InChI is InChI=1S/C23H22FN5/c1-28(2)23-8-6-19(14-27-23)20-4-3-11-29(16-20)15-17-5-7-21(26-13-17)18-9-10-25-22(24)12-18/h3-14H,15-16H2,1-2H3. The molecule has 0 saturated heterocycles. The molecule has 0 aromatic carbocycles. The molecule has 6 heteroatoms. The number of rotatable bonds is 5. The highest BCUT2D eigenvalue weighted by Gasteiger charge is 2.11. The third-order valence-electron chi connectivity index (χ3n) is 4.78. The van der Waals surface area contributed by atoms with Crippen molar-refractivity contribution in [2.24, 2.45) is 0 Å². The SMILES string of the molecule is CN(C)c1ccc(C2=CC=CN(Cc3ccc(-c4ccnc(F)c4)nc3)C2)cn1. The van der Waals surface area contributed by atoms with Crippen LogP contribution in [0.3, 0.4) is 0 Å². The second kappa shape index (κ2) is 8.22. The van der Waals surface area contributed by atoms with Gasteiger partial charge >= 0.3 is 0 Å². The van der Waals surface area contributed by atoms with Crippen LogP contribution in [0.4, 0.5) is 10.2 Å². The van der Waals surface area contributed by atoms with Gasteiger partial charge in [0.1, 0.15) is 5.82 Å². The number of anilines is 1. The Kier molecular flexibility index (Phi) is 5.33. The van der Waals surface area contributed by atoms with Gasteiger partial charge in [0.05, 0.1) is 5.69 Å². The van der Waals surface area contributed by atoms with E-state index >= 15 is 0 Å². The van der Waals surface area contributed by atoms with Gasteiger partial charge in [-0.25, -0.2) is 9.97 Å². The Hall–Kier alpha value is -3.54. The summed E-state index contributed by atoms with van der Waals surface area (Å²) in [5.74, 6) is 0.442. The second-order valence-corrected chi connectivity index (χ2v) is 7.16. The number of halogens is 1. The van der Waals surface area contributed by atoms with E-state index in [2.05, 4.69) is 44.3 Å². The van der Waals surface area contributed by atoms with Crippen LogP contribution in [-0.4, -0.2) is 40.5 Å². The lowest BCUT2D eigenvalue weighted by Crippen LogP contribution is -2.21. The van der Waals surface area contributed by atoms with E-state index in [1.165, 1.54) is 17.8 Å².